The van der Waals surface area contributed by atoms with E-state index >= 15 is 0 Å². The second kappa shape index (κ2) is 8.21. The summed E-state index contributed by atoms with van der Waals surface area (Å²) in [6.07, 6.45) is 5.17. The molecule has 6 nitrogen and oxygen atoms in total. The van der Waals surface area contributed by atoms with E-state index in [-0.39, 0.29) is 12.0 Å². The molecule has 0 aliphatic carbocycles. The number of thiazole rings is 1. The third-order valence-corrected chi connectivity index (χ3v) is 4.04. The second-order valence-corrected chi connectivity index (χ2v) is 6.91. The van der Waals surface area contributed by atoms with E-state index in [2.05, 4.69) is 29.2 Å². The number of aryl methyl sites for hydroxylation is 1. The van der Waals surface area contributed by atoms with Crippen molar-refractivity contribution < 1.29 is 9.53 Å². The van der Waals surface area contributed by atoms with Crippen molar-refractivity contribution in [2.45, 2.75) is 39.7 Å². The Hall–Kier alpha value is -1.73. The molecule has 0 saturated heterocycles. The van der Waals surface area contributed by atoms with Crippen LogP contribution in [0.5, 0.6) is 0 Å². The van der Waals surface area contributed by atoms with Crippen molar-refractivity contribution in [3.8, 4) is 11.3 Å². The van der Waals surface area contributed by atoms with Crippen molar-refractivity contribution in [2.75, 3.05) is 11.9 Å². The van der Waals surface area contributed by atoms with Gasteiger partial charge in [-0.25, -0.2) is 4.98 Å². The van der Waals surface area contributed by atoms with Crippen LogP contribution in [0, 0.1) is 5.92 Å². The molecule has 2 rings (SSSR count). The SMILES string of the molecule is CC(C)C[C@H](C)OCCC(=O)Nc1nc(-c2cnn(C)c2)cs1. The fourth-order valence-corrected chi connectivity index (χ4v) is 3.02. The fourth-order valence-electron chi connectivity index (χ4n) is 2.28. The van der Waals surface area contributed by atoms with Gasteiger partial charge in [-0.3, -0.25) is 9.48 Å². The monoisotopic (exact) mass is 336 g/mol. The summed E-state index contributed by atoms with van der Waals surface area (Å²) in [5.74, 6) is 0.522. The Labute approximate surface area is 140 Å². The number of nitrogens with zero attached hydrogens (tertiary/aromatic N) is 3. The first-order valence-electron chi connectivity index (χ1n) is 7.80. The van der Waals surface area contributed by atoms with Gasteiger partial charge in [-0.2, -0.15) is 5.10 Å². The molecule has 23 heavy (non-hydrogen) atoms. The molecule has 7 heteroatoms. The Bertz CT molecular complexity index is 636. The molecule has 2 aromatic rings. The largest absolute Gasteiger partial charge is 0.378 e. The summed E-state index contributed by atoms with van der Waals surface area (Å²) in [6.45, 7) is 6.79. The average molecular weight is 336 g/mol. The van der Waals surface area contributed by atoms with E-state index in [1.54, 1.807) is 10.9 Å². The topological polar surface area (TPSA) is 69.0 Å². The average Bonchev–Trinajstić information content (AvgIpc) is 3.06. The van der Waals surface area contributed by atoms with E-state index in [1.807, 2.05) is 25.5 Å². The first-order chi connectivity index (χ1) is 10.9. The highest BCUT2D eigenvalue weighted by Gasteiger charge is 2.10. The van der Waals surface area contributed by atoms with Gasteiger partial charge in [-0.1, -0.05) is 13.8 Å². The molecule has 2 heterocycles. The van der Waals surface area contributed by atoms with Gasteiger partial charge in [0.25, 0.3) is 0 Å². The first-order valence-corrected chi connectivity index (χ1v) is 8.68. The van der Waals surface area contributed by atoms with Gasteiger partial charge in [0.2, 0.25) is 5.91 Å². The van der Waals surface area contributed by atoms with Gasteiger partial charge in [-0.05, 0) is 19.3 Å². The zero-order valence-corrected chi connectivity index (χ0v) is 14.9. The molecule has 1 atom stereocenters. The summed E-state index contributed by atoms with van der Waals surface area (Å²) in [7, 11) is 1.86. The van der Waals surface area contributed by atoms with Crippen LogP contribution in [-0.2, 0) is 16.6 Å². The van der Waals surface area contributed by atoms with Crippen LogP contribution in [0.15, 0.2) is 17.8 Å². The van der Waals surface area contributed by atoms with Crippen LogP contribution < -0.4 is 5.32 Å². The predicted octanol–water partition coefficient (Wildman–Crippen LogP) is 3.32. The van der Waals surface area contributed by atoms with E-state index in [0.717, 1.165) is 17.7 Å². The number of ether oxygens (including phenoxy) is 1. The highest BCUT2D eigenvalue weighted by molar-refractivity contribution is 7.14. The van der Waals surface area contributed by atoms with Crippen molar-refractivity contribution in [1.29, 1.82) is 0 Å². The van der Waals surface area contributed by atoms with Crippen LogP contribution in [0.4, 0.5) is 5.13 Å². The molecule has 0 spiro atoms. The zero-order chi connectivity index (χ0) is 16.8. The molecule has 0 radical (unpaired) electrons. The predicted molar refractivity (Wildman–Crippen MR) is 92.4 cm³/mol. The number of anilines is 1. The number of hydrogen-bond donors (Lipinski definition) is 1. The number of carbonyl (C=O) groups excluding carboxylic acids is 1. The van der Waals surface area contributed by atoms with E-state index in [4.69, 9.17) is 4.74 Å². The number of aromatic nitrogens is 3. The van der Waals surface area contributed by atoms with Crippen molar-refractivity contribution in [1.82, 2.24) is 14.8 Å². The summed E-state index contributed by atoms with van der Waals surface area (Å²) in [6, 6.07) is 0. The molecule has 126 valence electrons. The van der Waals surface area contributed by atoms with Crippen molar-refractivity contribution in [3.63, 3.8) is 0 Å². The Kier molecular flexibility index (Phi) is 6.29. The number of rotatable bonds is 8. The highest BCUT2D eigenvalue weighted by Crippen LogP contribution is 2.24. The van der Waals surface area contributed by atoms with Crippen molar-refractivity contribution in [2.24, 2.45) is 13.0 Å². The van der Waals surface area contributed by atoms with Crippen molar-refractivity contribution in [3.05, 3.63) is 17.8 Å². The van der Waals surface area contributed by atoms with Crippen LogP contribution in [0.2, 0.25) is 0 Å². The smallest absolute Gasteiger partial charge is 0.228 e. The highest BCUT2D eigenvalue weighted by atomic mass is 32.1. The summed E-state index contributed by atoms with van der Waals surface area (Å²) < 4.78 is 7.37. The summed E-state index contributed by atoms with van der Waals surface area (Å²) in [5.41, 5.74) is 1.76. The quantitative estimate of drug-likeness (QED) is 0.803. The lowest BCUT2D eigenvalue weighted by atomic mass is 10.1. The Balaban J connectivity index is 1.76. The maximum Gasteiger partial charge on any atom is 0.228 e. The summed E-state index contributed by atoms with van der Waals surface area (Å²) in [4.78, 5) is 16.3. The second-order valence-electron chi connectivity index (χ2n) is 6.05. The lowest BCUT2D eigenvalue weighted by Crippen LogP contribution is -2.17. The summed E-state index contributed by atoms with van der Waals surface area (Å²) >= 11 is 1.41. The van der Waals surface area contributed by atoms with Crippen LogP contribution in [0.3, 0.4) is 0 Å². The molecule has 0 unspecified atom stereocenters. The van der Waals surface area contributed by atoms with Gasteiger partial charge >= 0.3 is 0 Å². The van der Waals surface area contributed by atoms with Gasteiger partial charge in [0.15, 0.2) is 5.13 Å². The standard InChI is InChI=1S/C16H24N4O2S/c1-11(2)7-12(3)22-6-5-15(21)19-16-18-14(10-23-16)13-8-17-20(4)9-13/h8-12H,5-7H2,1-4H3,(H,18,19,21)/t12-/m0/s1. The first kappa shape index (κ1) is 17.6. The molecule has 0 aliphatic heterocycles. The number of carbonyl (C=O) groups is 1. The minimum absolute atomic E-state index is 0.0752. The lowest BCUT2D eigenvalue weighted by molar-refractivity contribution is -0.117. The number of amides is 1. The molecule has 2 aromatic heterocycles. The van der Waals surface area contributed by atoms with Gasteiger partial charge in [0, 0.05) is 24.2 Å². The maximum atomic E-state index is 11.9. The third-order valence-electron chi connectivity index (χ3n) is 3.29. The Morgan fingerprint density at radius 3 is 2.87 bits per heavy atom. The van der Waals surface area contributed by atoms with E-state index < -0.39 is 0 Å². The maximum absolute atomic E-state index is 11.9. The van der Waals surface area contributed by atoms with Gasteiger partial charge < -0.3 is 10.1 Å². The fraction of sp³-hybridized carbons (Fsp3) is 0.562. The van der Waals surface area contributed by atoms with Crippen molar-refractivity contribution >= 4 is 22.4 Å². The van der Waals surface area contributed by atoms with Crippen LogP contribution in [0.25, 0.3) is 11.3 Å². The van der Waals surface area contributed by atoms with E-state index in [9.17, 15) is 4.79 Å². The van der Waals surface area contributed by atoms with Crippen LogP contribution in [-0.4, -0.2) is 33.4 Å². The van der Waals surface area contributed by atoms with E-state index in [1.165, 1.54) is 11.3 Å². The molecule has 0 aliphatic rings. The van der Waals surface area contributed by atoms with Gasteiger partial charge in [0.1, 0.15) is 0 Å². The Morgan fingerprint density at radius 2 is 2.22 bits per heavy atom. The number of hydrogen-bond acceptors (Lipinski definition) is 5. The molecular weight excluding hydrogens is 312 g/mol. The normalized spacial score (nSPS) is 12.6. The molecule has 1 amide bonds. The lowest BCUT2D eigenvalue weighted by Gasteiger charge is -2.14. The Morgan fingerprint density at radius 1 is 1.43 bits per heavy atom. The van der Waals surface area contributed by atoms with Gasteiger partial charge in [-0.15, -0.1) is 11.3 Å². The molecule has 1 N–H and O–H groups in total. The minimum Gasteiger partial charge on any atom is -0.378 e. The van der Waals surface area contributed by atoms with E-state index in [0.29, 0.717) is 24.1 Å². The molecular formula is C16H24N4O2S. The third kappa shape index (κ3) is 5.76. The van der Waals surface area contributed by atoms with Crippen LogP contribution >= 0.6 is 11.3 Å². The molecule has 0 bridgehead atoms. The molecule has 0 aromatic carbocycles. The van der Waals surface area contributed by atoms with Gasteiger partial charge in [0.05, 0.1) is 31.0 Å². The zero-order valence-electron chi connectivity index (χ0n) is 14.1. The molecule has 0 saturated carbocycles. The number of nitrogens with one attached hydrogen (secondary N) is 1. The molecule has 0 fully saturated rings. The van der Waals surface area contributed by atoms with Crippen LogP contribution in [0.1, 0.15) is 33.6 Å². The summed E-state index contributed by atoms with van der Waals surface area (Å²) in [5, 5.41) is 9.44. The minimum atomic E-state index is -0.0752.